The van der Waals surface area contributed by atoms with Crippen molar-refractivity contribution < 1.29 is 12.8 Å². The molecule has 0 spiro atoms. The Morgan fingerprint density at radius 1 is 1.33 bits per heavy atom. The third-order valence-electron chi connectivity index (χ3n) is 4.65. The molecule has 1 saturated carbocycles. The Kier molecular flexibility index (Phi) is 4.12. The van der Waals surface area contributed by atoms with Crippen LogP contribution in [0.25, 0.3) is 0 Å². The van der Waals surface area contributed by atoms with Crippen LogP contribution in [-0.2, 0) is 16.6 Å². The number of furan rings is 1. The van der Waals surface area contributed by atoms with Crippen molar-refractivity contribution in [2.75, 3.05) is 19.3 Å². The molecule has 5 nitrogen and oxygen atoms in total. The van der Waals surface area contributed by atoms with Gasteiger partial charge in [0.1, 0.15) is 11.5 Å². The van der Waals surface area contributed by atoms with Crippen LogP contribution in [0, 0.1) is 5.92 Å². The largest absolute Gasteiger partial charge is 0.464 e. The van der Waals surface area contributed by atoms with Gasteiger partial charge < -0.3 is 9.73 Å². The van der Waals surface area contributed by atoms with Crippen molar-refractivity contribution in [2.24, 2.45) is 5.92 Å². The van der Waals surface area contributed by atoms with Gasteiger partial charge in [0.2, 0.25) is 10.0 Å². The Morgan fingerprint density at radius 3 is 2.57 bits per heavy atom. The van der Waals surface area contributed by atoms with Crippen LogP contribution in [0.3, 0.4) is 0 Å². The molecule has 0 unspecified atom stereocenters. The topological polar surface area (TPSA) is 62.6 Å². The predicted molar refractivity (Wildman–Crippen MR) is 81.5 cm³/mol. The second kappa shape index (κ2) is 5.74. The Bertz CT molecular complexity index is 588. The van der Waals surface area contributed by atoms with E-state index in [0.29, 0.717) is 25.0 Å². The third-order valence-corrected chi connectivity index (χ3v) is 5.95. The minimum Gasteiger partial charge on any atom is -0.464 e. The highest BCUT2D eigenvalue weighted by molar-refractivity contribution is 7.88. The molecular weight excluding hydrogens is 288 g/mol. The van der Waals surface area contributed by atoms with E-state index in [0.717, 1.165) is 36.8 Å². The molecule has 3 rings (SSSR count). The predicted octanol–water partition coefficient (Wildman–Crippen LogP) is 1.92. The van der Waals surface area contributed by atoms with E-state index in [1.165, 1.54) is 12.7 Å². The molecule has 0 amide bonds. The van der Waals surface area contributed by atoms with Crippen LogP contribution in [0.5, 0.6) is 0 Å². The summed E-state index contributed by atoms with van der Waals surface area (Å²) in [7, 11) is -3.03. The van der Waals surface area contributed by atoms with E-state index < -0.39 is 10.0 Å². The van der Waals surface area contributed by atoms with Gasteiger partial charge in [-0.3, -0.25) is 0 Å². The summed E-state index contributed by atoms with van der Waals surface area (Å²) in [6.07, 6.45) is 4.24. The van der Waals surface area contributed by atoms with E-state index >= 15 is 0 Å². The summed E-state index contributed by atoms with van der Waals surface area (Å²) in [4.78, 5) is 0. The van der Waals surface area contributed by atoms with Crippen LogP contribution in [-0.4, -0.2) is 38.1 Å². The van der Waals surface area contributed by atoms with Gasteiger partial charge in [-0.2, -0.15) is 0 Å². The van der Waals surface area contributed by atoms with Crippen molar-refractivity contribution in [2.45, 2.75) is 44.7 Å². The zero-order valence-corrected chi connectivity index (χ0v) is 13.5. The zero-order valence-electron chi connectivity index (χ0n) is 12.7. The second-order valence-electron chi connectivity index (χ2n) is 6.44. The van der Waals surface area contributed by atoms with Crippen molar-refractivity contribution in [1.29, 1.82) is 0 Å². The number of nitrogens with zero attached hydrogens (tertiary/aromatic N) is 1. The maximum absolute atomic E-state index is 11.5. The third kappa shape index (κ3) is 3.67. The van der Waals surface area contributed by atoms with Crippen molar-refractivity contribution in [3.8, 4) is 0 Å². The minimum absolute atomic E-state index is 0.372. The van der Waals surface area contributed by atoms with E-state index in [1.807, 2.05) is 0 Å². The fraction of sp³-hybridized carbons (Fsp3) is 0.733. The molecule has 21 heavy (non-hydrogen) atoms. The molecule has 2 aliphatic rings. The highest BCUT2D eigenvalue weighted by Crippen LogP contribution is 2.47. The molecular formula is C15H24N2O3S. The van der Waals surface area contributed by atoms with Crippen molar-refractivity contribution in [1.82, 2.24) is 9.62 Å². The van der Waals surface area contributed by atoms with Crippen LogP contribution in [0.4, 0.5) is 0 Å². The first-order valence-electron chi connectivity index (χ1n) is 7.70. The van der Waals surface area contributed by atoms with Gasteiger partial charge in [0, 0.05) is 25.0 Å². The van der Waals surface area contributed by atoms with Crippen molar-refractivity contribution in [3.05, 3.63) is 23.7 Å². The summed E-state index contributed by atoms with van der Waals surface area (Å²) < 4.78 is 30.4. The number of sulfonamides is 1. The Labute approximate surface area is 126 Å². The molecule has 2 heterocycles. The Morgan fingerprint density at radius 2 is 2.00 bits per heavy atom. The smallest absolute Gasteiger partial charge is 0.211 e. The number of piperidine rings is 1. The first-order valence-corrected chi connectivity index (χ1v) is 9.55. The fourth-order valence-corrected chi connectivity index (χ4v) is 3.92. The summed E-state index contributed by atoms with van der Waals surface area (Å²) in [5.41, 5.74) is 0. The minimum atomic E-state index is -3.03. The first-order chi connectivity index (χ1) is 9.93. The zero-order chi connectivity index (χ0) is 15.0. The average Bonchev–Trinajstić information content (AvgIpc) is 2.99. The summed E-state index contributed by atoms with van der Waals surface area (Å²) >= 11 is 0. The molecule has 2 atom stereocenters. The van der Waals surface area contributed by atoms with Gasteiger partial charge in [-0.05, 0) is 37.3 Å². The second-order valence-corrected chi connectivity index (χ2v) is 8.42. The highest BCUT2D eigenvalue weighted by atomic mass is 32.2. The van der Waals surface area contributed by atoms with Crippen LogP contribution in [0.15, 0.2) is 16.5 Å². The molecule has 6 heteroatoms. The van der Waals surface area contributed by atoms with Crippen LogP contribution in [0.2, 0.25) is 0 Å². The van der Waals surface area contributed by atoms with Crippen LogP contribution < -0.4 is 5.32 Å². The van der Waals surface area contributed by atoms with E-state index in [9.17, 15) is 8.42 Å². The normalized spacial score (nSPS) is 27.9. The number of hydrogen-bond donors (Lipinski definition) is 1. The molecule has 118 valence electrons. The van der Waals surface area contributed by atoms with Gasteiger partial charge in [0.25, 0.3) is 0 Å². The number of nitrogens with one attached hydrogen (secondary N) is 1. The summed E-state index contributed by atoms with van der Waals surface area (Å²) in [5.74, 6) is 3.48. The Hall–Kier alpha value is -0.850. The Balaban J connectivity index is 1.45. The monoisotopic (exact) mass is 312 g/mol. The molecule has 1 aromatic rings. The molecule has 1 saturated heterocycles. The summed E-state index contributed by atoms with van der Waals surface area (Å²) in [6, 6.07) is 4.52. The van der Waals surface area contributed by atoms with Crippen molar-refractivity contribution >= 4 is 10.0 Å². The maximum atomic E-state index is 11.5. The van der Waals surface area contributed by atoms with Crippen LogP contribution >= 0.6 is 0 Å². The van der Waals surface area contributed by atoms with E-state index in [-0.39, 0.29) is 0 Å². The molecule has 1 N–H and O–H groups in total. The average molecular weight is 312 g/mol. The fourth-order valence-electron chi connectivity index (χ4n) is 3.04. The summed E-state index contributed by atoms with van der Waals surface area (Å²) in [5, 5.41) is 3.48. The number of rotatable bonds is 5. The molecule has 0 aromatic carbocycles. The van der Waals surface area contributed by atoms with Gasteiger partial charge in [0.05, 0.1) is 12.8 Å². The van der Waals surface area contributed by atoms with Crippen LogP contribution in [0.1, 0.15) is 43.6 Å². The lowest BCUT2D eigenvalue weighted by atomic mass is 10.1. The molecule has 1 aromatic heterocycles. The first kappa shape index (κ1) is 15.1. The molecule has 1 aliphatic carbocycles. The molecule has 2 fully saturated rings. The van der Waals surface area contributed by atoms with Gasteiger partial charge in [-0.25, -0.2) is 12.7 Å². The number of hydrogen-bond acceptors (Lipinski definition) is 4. The summed E-state index contributed by atoms with van der Waals surface area (Å²) in [6.45, 7) is 4.20. The lowest BCUT2D eigenvalue weighted by molar-refractivity contribution is 0.284. The molecule has 0 radical (unpaired) electrons. The van der Waals surface area contributed by atoms with E-state index in [4.69, 9.17) is 4.42 Å². The van der Waals surface area contributed by atoms with Gasteiger partial charge >= 0.3 is 0 Å². The SMILES string of the molecule is C[C@H]1C[C@H]1c1ccc(CNC2CCN(S(C)(=O)=O)CC2)o1. The molecule has 1 aliphatic heterocycles. The highest BCUT2D eigenvalue weighted by Gasteiger charge is 2.36. The standard InChI is InChI=1S/C15H24N2O3S/c1-11-9-14(11)15-4-3-13(20-15)10-16-12-5-7-17(8-6-12)21(2,18)19/h3-4,11-12,14,16H,5-10H2,1-2H3/t11-,14+/m0/s1. The van der Waals surface area contributed by atoms with E-state index in [2.05, 4.69) is 24.4 Å². The lowest BCUT2D eigenvalue weighted by Gasteiger charge is -2.30. The van der Waals surface area contributed by atoms with Gasteiger partial charge in [0.15, 0.2) is 0 Å². The maximum Gasteiger partial charge on any atom is 0.211 e. The van der Waals surface area contributed by atoms with Gasteiger partial charge in [-0.1, -0.05) is 6.92 Å². The quantitative estimate of drug-likeness (QED) is 0.902. The van der Waals surface area contributed by atoms with E-state index in [1.54, 1.807) is 4.31 Å². The lowest BCUT2D eigenvalue weighted by Crippen LogP contribution is -2.44. The molecule has 0 bridgehead atoms. The van der Waals surface area contributed by atoms with Gasteiger partial charge in [-0.15, -0.1) is 0 Å². The van der Waals surface area contributed by atoms with Crippen molar-refractivity contribution in [3.63, 3.8) is 0 Å².